The summed E-state index contributed by atoms with van der Waals surface area (Å²) in [6, 6.07) is 0. The highest BCUT2D eigenvalue weighted by Gasteiger charge is 2.13. The second-order valence-electron chi connectivity index (χ2n) is 4.60. The van der Waals surface area contributed by atoms with Crippen molar-refractivity contribution in [1.82, 2.24) is 20.0 Å². The zero-order valence-corrected chi connectivity index (χ0v) is 13.5. The molecule has 0 saturated heterocycles. The number of likely N-dealkylation sites (N-methyl/N-ethyl adjacent to an activating group) is 1. The third-order valence-electron chi connectivity index (χ3n) is 3.13. The fraction of sp³-hybridized carbons (Fsp3) is 0.692. The van der Waals surface area contributed by atoms with Gasteiger partial charge in [-0.05, 0) is 29.0 Å². The lowest BCUT2D eigenvalue weighted by Gasteiger charge is -2.19. The third kappa shape index (κ3) is 5.74. The maximum absolute atomic E-state index is 11.9. The van der Waals surface area contributed by atoms with Crippen molar-refractivity contribution in [2.75, 3.05) is 26.2 Å². The van der Waals surface area contributed by atoms with Gasteiger partial charge in [0.05, 0.1) is 23.1 Å². The zero-order valence-electron chi connectivity index (χ0n) is 11.9. The Morgan fingerprint density at radius 3 is 2.74 bits per heavy atom. The van der Waals surface area contributed by atoms with Crippen LogP contribution in [0.5, 0.6) is 0 Å². The topological polar surface area (TPSA) is 50.2 Å². The molecule has 108 valence electrons. The second-order valence-corrected chi connectivity index (χ2v) is 5.52. The van der Waals surface area contributed by atoms with Crippen molar-refractivity contribution in [2.24, 2.45) is 5.92 Å². The molecule has 1 N–H and O–H groups in total. The minimum atomic E-state index is -0.0801. The van der Waals surface area contributed by atoms with Gasteiger partial charge in [-0.25, -0.2) is 0 Å². The molecule has 1 unspecified atom stereocenters. The molecular formula is C13H23BrN4O. The van der Waals surface area contributed by atoms with Crippen molar-refractivity contribution in [3.05, 3.63) is 16.9 Å². The van der Waals surface area contributed by atoms with Crippen LogP contribution in [0.2, 0.25) is 0 Å². The van der Waals surface area contributed by atoms with Crippen molar-refractivity contribution in [3.8, 4) is 0 Å². The largest absolute Gasteiger partial charge is 0.355 e. The number of hydrogen-bond acceptors (Lipinski definition) is 3. The molecule has 0 spiro atoms. The van der Waals surface area contributed by atoms with Crippen LogP contribution in [-0.4, -0.2) is 46.8 Å². The first-order chi connectivity index (χ1) is 9.06. The van der Waals surface area contributed by atoms with E-state index in [-0.39, 0.29) is 11.8 Å². The maximum atomic E-state index is 11.9. The van der Waals surface area contributed by atoms with Gasteiger partial charge in [0.2, 0.25) is 5.91 Å². The molecule has 0 aliphatic heterocycles. The summed E-state index contributed by atoms with van der Waals surface area (Å²) in [6.07, 6.45) is 3.60. The standard InChI is InChI=1S/C13H23BrN4O/c1-4-17(5-2)7-6-15-13(19)11(3)9-18-10-12(14)8-16-18/h8,10-11H,4-7,9H2,1-3H3,(H,15,19). The molecule has 0 aliphatic rings. The molecule has 19 heavy (non-hydrogen) atoms. The summed E-state index contributed by atoms with van der Waals surface area (Å²) in [7, 11) is 0. The number of amides is 1. The zero-order chi connectivity index (χ0) is 14.3. The number of carbonyl (C=O) groups is 1. The van der Waals surface area contributed by atoms with Crippen molar-refractivity contribution in [3.63, 3.8) is 0 Å². The van der Waals surface area contributed by atoms with Gasteiger partial charge >= 0.3 is 0 Å². The Hall–Kier alpha value is -0.880. The van der Waals surface area contributed by atoms with E-state index >= 15 is 0 Å². The van der Waals surface area contributed by atoms with Gasteiger partial charge in [-0.2, -0.15) is 5.10 Å². The van der Waals surface area contributed by atoms with Crippen molar-refractivity contribution < 1.29 is 4.79 Å². The van der Waals surface area contributed by atoms with E-state index in [9.17, 15) is 4.79 Å². The summed E-state index contributed by atoms with van der Waals surface area (Å²) >= 11 is 3.34. The van der Waals surface area contributed by atoms with E-state index in [1.54, 1.807) is 10.9 Å². The Morgan fingerprint density at radius 2 is 2.21 bits per heavy atom. The van der Waals surface area contributed by atoms with E-state index in [1.165, 1.54) is 0 Å². The molecule has 0 bridgehead atoms. The minimum absolute atomic E-state index is 0.0801. The quantitative estimate of drug-likeness (QED) is 0.789. The van der Waals surface area contributed by atoms with E-state index in [4.69, 9.17) is 0 Å². The highest BCUT2D eigenvalue weighted by molar-refractivity contribution is 9.10. The highest BCUT2D eigenvalue weighted by Crippen LogP contribution is 2.08. The van der Waals surface area contributed by atoms with Gasteiger partial charge in [0.25, 0.3) is 0 Å². The van der Waals surface area contributed by atoms with E-state index in [2.05, 4.69) is 45.1 Å². The summed E-state index contributed by atoms with van der Waals surface area (Å²) in [4.78, 5) is 14.2. The average Bonchev–Trinajstić information content (AvgIpc) is 2.79. The van der Waals surface area contributed by atoms with E-state index in [0.29, 0.717) is 13.1 Å². The molecule has 1 aromatic heterocycles. The molecule has 6 heteroatoms. The van der Waals surface area contributed by atoms with Crippen LogP contribution in [0, 0.1) is 5.92 Å². The fourth-order valence-corrected chi connectivity index (χ4v) is 2.18. The minimum Gasteiger partial charge on any atom is -0.355 e. The molecule has 0 aromatic carbocycles. The van der Waals surface area contributed by atoms with Crippen LogP contribution in [0.1, 0.15) is 20.8 Å². The number of rotatable bonds is 8. The number of hydrogen-bond donors (Lipinski definition) is 1. The summed E-state index contributed by atoms with van der Waals surface area (Å²) in [5.74, 6) is 0.00211. The van der Waals surface area contributed by atoms with Crippen LogP contribution in [0.4, 0.5) is 0 Å². The Balaban J connectivity index is 2.29. The van der Waals surface area contributed by atoms with Gasteiger partial charge in [-0.3, -0.25) is 9.48 Å². The van der Waals surface area contributed by atoms with Crippen LogP contribution >= 0.6 is 15.9 Å². The lowest BCUT2D eigenvalue weighted by molar-refractivity contribution is -0.125. The molecule has 0 aliphatic carbocycles. The summed E-state index contributed by atoms with van der Waals surface area (Å²) in [6.45, 7) is 10.4. The first-order valence-electron chi connectivity index (χ1n) is 6.74. The first-order valence-corrected chi connectivity index (χ1v) is 7.54. The molecule has 1 heterocycles. The van der Waals surface area contributed by atoms with Gasteiger partial charge in [0, 0.05) is 19.3 Å². The van der Waals surface area contributed by atoms with Crippen LogP contribution < -0.4 is 5.32 Å². The van der Waals surface area contributed by atoms with Crippen molar-refractivity contribution in [2.45, 2.75) is 27.3 Å². The number of halogens is 1. The molecule has 0 saturated carbocycles. The van der Waals surface area contributed by atoms with Crippen molar-refractivity contribution >= 4 is 21.8 Å². The van der Waals surface area contributed by atoms with E-state index in [1.807, 2.05) is 13.1 Å². The maximum Gasteiger partial charge on any atom is 0.224 e. The summed E-state index contributed by atoms with van der Waals surface area (Å²) in [5.41, 5.74) is 0. The number of nitrogens with zero attached hydrogens (tertiary/aromatic N) is 3. The van der Waals surface area contributed by atoms with Crippen LogP contribution in [-0.2, 0) is 11.3 Å². The highest BCUT2D eigenvalue weighted by atomic mass is 79.9. The molecule has 0 radical (unpaired) electrons. The van der Waals surface area contributed by atoms with Gasteiger partial charge in [0.15, 0.2) is 0 Å². The van der Waals surface area contributed by atoms with Crippen LogP contribution in [0.25, 0.3) is 0 Å². The Labute approximate surface area is 123 Å². The summed E-state index contributed by atoms with van der Waals surface area (Å²) in [5, 5.41) is 7.13. The fourth-order valence-electron chi connectivity index (χ4n) is 1.85. The second kappa shape index (κ2) is 8.32. The van der Waals surface area contributed by atoms with Gasteiger partial charge in [0.1, 0.15) is 0 Å². The lowest BCUT2D eigenvalue weighted by atomic mass is 10.1. The predicted molar refractivity (Wildman–Crippen MR) is 79.9 cm³/mol. The molecule has 1 rings (SSSR count). The monoisotopic (exact) mass is 330 g/mol. The summed E-state index contributed by atoms with van der Waals surface area (Å²) < 4.78 is 2.71. The number of carbonyl (C=O) groups excluding carboxylic acids is 1. The van der Waals surface area contributed by atoms with Gasteiger partial charge < -0.3 is 10.2 Å². The molecule has 1 aromatic rings. The Morgan fingerprint density at radius 1 is 1.53 bits per heavy atom. The molecule has 0 fully saturated rings. The normalized spacial score (nSPS) is 12.7. The first kappa shape index (κ1) is 16.2. The number of nitrogens with one attached hydrogen (secondary N) is 1. The third-order valence-corrected chi connectivity index (χ3v) is 3.54. The SMILES string of the molecule is CCN(CC)CCNC(=O)C(C)Cn1cc(Br)cn1. The molecule has 1 atom stereocenters. The number of aromatic nitrogens is 2. The smallest absolute Gasteiger partial charge is 0.224 e. The Kier molecular flexibility index (Phi) is 7.09. The molecular weight excluding hydrogens is 308 g/mol. The molecule has 5 nitrogen and oxygen atoms in total. The molecule has 1 amide bonds. The van der Waals surface area contributed by atoms with E-state index in [0.717, 1.165) is 24.1 Å². The Bertz CT molecular complexity index is 390. The van der Waals surface area contributed by atoms with Crippen LogP contribution in [0.15, 0.2) is 16.9 Å². The van der Waals surface area contributed by atoms with E-state index < -0.39 is 0 Å². The predicted octanol–water partition coefficient (Wildman–Crippen LogP) is 1.74. The average molecular weight is 331 g/mol. The van der Waals surface area contributed by atoms with Gasteiger partial charge in [-0.1, -0.05) is 20.8 Å². The van der Waals surface area contributed by atoms with Crippen molar-refractivity contribution in [1.29, 1.82) is 0 Å². The van der Waals surface area contributed by atoms with Crippen LogP contribution in [0.3, 0.4) is 0 Å². The lowest BCUT2D eigenvalue weighted by Crippen LogP contribution is -2.38. The van der Waals surface area contributed by atoms with Gasteiger partial charge in [-0.15, -0.1) is 0 Å².